The van der Waals surface area contributed by atoms with Crippen LogP contribution >= 0.6 is 0 Å². The Morgan fingerprint density at radius 1 is 1.71 bits per heavy atom. The van der Waals surface area contributed by atoms with Gasteiger partial charge < -0.3 is 5.11 Å². The first-order valence-electron chi connectivity index (χ1n) is 4.88. The van der Waals surface area contributed by atoms with Crippen LogP contribution in [0.2, 0.25) is 0 Å². The minimum absolute atomic E-state index is 0.142. The molecule has 1 fully saturated rings. The molecule has 4 nitrogen and oxygen atoms in total. The van der Waals surface area contributed by atoms with Gasteiger partial charge in [0.1, 0.15) is 0 Å². The van der Waals surface area contributed by atoms with Gasteiger partial charge in [0.2, 0.25) is 0 Å². The average molecular weight is 194 g/mol. The molecule has 2 unspecified atom stereocenters. The highest BCUT2D eigenvalue weighted by Gasteiger charge is 2.36. The maximum atomic E-state index is 10.8. The minimum atomic E-state index is -0.655. The lowest BCUT2D eigenvalue weighted by Crippen LogP contribution is -2.34. The lowest BCUT2D eigenvalue weighted by molar-refractivity contribution is -0.147. The molecule has 1 heterocycles. The summed E-state index contributed by atoms with van der Waals surface area (Å²) in [6, 6.07) is 1.96. The van der Waals surface area contributed by atoms with Gasteiger partial charge in [-0.1, -0.05) is 0 Å². The summed E-state index contributed by atoms with van der Waals surface area (Å²) in [6.45, 7) is 0. The third-order valence-electron chi connectivity index (χ3n) is 2.97. The van der Waals surface area contributed by atoms with Gasteiger partial charge in [-0.15, -0.1) is 0 Å². The highest BCUT2D eigenvalue weighted by atomic mass is 16.4. The third kappa shape index (κ3) is 1.64. The van der Waals surface area contributed by atoms with E-state index in [0.29, 0.717) is 5.92 Å². The number of carboxylic acids is 1. The maximum Gasteiger partial charge on any atom is 0.306 e. The summed E-state index contributed by atoms with van der Waals surface area (Å²) in [5.41, 5.74) is 1.00. The van der Waals surface area contributed by atoms with Crippen molar-refractivity contribution in [1.82, 2.24) is 9.78 Å². The third-order valence-corrected chi connectivity index (χ3v) is 2.97. The van der Waals surface area contributed by atoms with E-state index < -0.39 is 5.97 Å². The predicted octanol–water partition coefficient (Wildman–Crippen LogP) is 1.07. The molecule has 0 radical (unpaired) electrons. The molecule has 2 atom stereocenters. The number of hydrogen-bond acceptors (Lipinski definition) is 2. The van der Waals surface area contributed by atoms with Gasteiger partial charge in [0.25, 0.3) is 0 Å². The number of nitrogens with zero attached hydrogens (tertiary/aromatic N) is 2. The number of aromatic nitrogens is 2. The Kier molecular flexibility index (Phi) is 2.27. The number of hydrogen-bond donors (Lipinski definition) is 1. The Labute approximate surface area is 82.5 Å². The SMILES string of the molecule is Cn1ccc(CC2CCC2C(=O)O)n1. The molecule has 1 aliphatic carbocycles. The molecule has 2 rings (SSSR count). The Morgan fingerprint density at radius 3 is 2.93 bits per heavy atom. The first-order chi connectivity index (χ1) is 6.66. The van der Waals surface area contributed by atoms with Gasteiger partial charge in [-0.2, -0.15) is 5.10 Å². The number of rotatable bonds is 3. The van der Waals surface area contributed by atoms with Crippen molar-refractivity contribution >= 4 is 5.97 Å². The number of aliphatic carboxylic acids is 1. The van der Waals surface area contributed by atoms with Crippen LogP contribution in [0.3, 0.4) is 0 Å². The van der Waals surface area contributed by atoms with Crippen molar-refractivity contribution in [3.05, 3.63) is 18.0 Å². The second-order valence-electron chi connectivity index (χ2n) is 3.97. The summed E-state index contributed by atoms with van der Waals surface area (Å²) in [5.74, 6) is -0.503. The molecule has 76 valence electrons. The van der Waals surface area contributed by atoms with Crippen LogP contribution in [0.25, 0.3) is 0 Å². The van der Waals surface area contributed by atoms with Crippen molar-refractivity contribution in [2.45, 2.75) is 19.3 Å². The van der Waals surface area contributed by atoms with E-state index in [9.17, 15) is 4.79 Å². The van der Waals surface area contributed by atoms with Gasteiger partial charge >= 0.3 is 5.97 Å². The molecule has 1 N–H and O–H groups in total. The topological polar surface area (TPSA) is 55.1 Å². The lowest BCUT2D eigenvalue weighted by Gasteiger charge is -2.32. The monoisotopic (exact) mass is 194 g/mol. The first kappa shape index (κ1) is 9.24. The van der Waals surface area contributed by atoms with Gasteiger partial charge in [0.15, 0.2) is 0 Å². The summed E-state index contributed by atoms with van der Waals surface area (Å²) in [7, 11) is 1.87. The van der Waals surface area contributed by atoms with E-state index in [-0.39, 0.29) is 5.92 Å². The highest BCUT2D eigenvalue weighted by molar-refractivity contribution is 5.71. The molecule has 0 saturated heterocycles. The molecular weight excluding hydrogens is 180 g/mol. The fourth-order valence-corrected chi connectivity index (χ4v) is 1.98. The van der Waals surface area contributed by atoms with Gasteiger partial charge in [-0.3, -0.25) is 9.48 Å². The van der Waals surface area contributed by atoms with E-state index in [1.807, 2.05) is 19.3 Å². The van der Waals surface area contributed by atoms with Gasteiger partial charge in [0.05, 0.1) is 11.6 Å². The predicted molar refractivity (Wildman–Crippen MR) is 50.8 cm³/mol. The molecule has 1 saturated carbocycles. The van der Waals surface area contributed by atoms with E-state index >= 15 is 0 Å². The van der Waals surface area contributed by atoms with Crippen molar-refractivity contribution in [3.8, 4) is 0 Å². The second-order valence-corrected chi connectivity index (χ2v) is 3.97. The summed E-state index contributed by atoms with van der Waals surface area (Å²) in [6.07, 6.45) is 4.54. The molecule has 0 spiro atoms. The van der Waals surface area contributed by atoms with Crippen LogP contribution in [-0.4, -0.2) is 20.9 Å². The van der Waals surface area contributed by atoms with Gasteiger partial charge in [-0.25, -0.2) is 0 Å². The van der Waals surface area contributed by atoms with E-state index in [1.165, 1.54) is 0 Å². The van der Waals surface area contributed by atoms with Crippen molar-refractivity contribution in [3.63, 3.8) is 0 Å². The van der Waals surface area contributed by atoms with E-state index in [2.05, 4.69) is 5.10 Å². The zero-order valence-electron chi connectivity index (χ0n) is 8.18. The van der Waals surface area contributed by atoms with Crippen LogP contribution in [0, 0.1) is 11.8 Å². The number of carboxylic acid groups (broad SMARTS) is 1. The number of aryl methyl sites for hydroxylation is 1. The zero-order chi connectivity index (χ0) is 10.1. The fourth-order valence-electron chi connectivity index (χ4n) is 1.98. The van der Waals surface area contributed by atoms with Crippen molar-refractivity contribution in [2.24, 2.45) is 18.9 Å². The Morgan fingerprint density at radius 2 is 2.50 bits per heavy atom. The maximum absolute atomic E-state index is 10.8. The smallest absolute Gasteiger partial charge is 0.306 e. The van der Waals surface area contributed by atoms with Crippen molar-refractivity contribution in [2.75, 3.05) is 0 Å². The lowest BCUT2D eigenvalue weighted by atomic mass is 9.71. The highest BCUT2D eigenvalue weighted by Crippen LogP contribution is 2.36. The molecule has 0 amide bonds. The summed E-state index contributed by atoms with van der Waals surface area (Å²) < 4.78 is 1.75. The molecule has 0 aromatic carbocycles. The molecule has 14 heavy (non-hydrogen) atoms. The van der Waals surface area contributed by atoms with E-state index in [4.69, 9.17) is 5.11 Å². The molecule has 1 aromatic rings. The van der Waals surface area contributed by atoms with Crippen LogP contribution in [-0.2, 0) is 18.3 Å². The van der Waals surface area contributed by atoms with Crippen LogP contribution in [0.15, 0.2) is 12.3 Å². The molecule has 0 aliphatic heterocycles. The quantitative estimate of drug-likeness (QED) is 0.783. The molecule has 0 bridgehead atoms. The second kappa shape index (κ2) is 3.44. The summed E-state index contributed by atoms with van der Waals surface area (Å²) in [5, 5.41) is 13.1. The van der Waals surface area contributed by atoms with E-state index in [1.54, 1.807) is 4.68 Å². The van der Waals surface area contributed by atoms with Gasteiger partial charge in [-0.05, 0) is 31.2 Å². The molecule has 1 aromatic heterocycles. The molecule has 1 aliphatic rings. The van der Waals surface area contributed by atoms with Crippen molar-refractivity contribution < 1.29 is 9.90 Å². The first-order valence-corrected chi connectivity index (χ1v) is 4.88. The summed E-state index contributed by atoms with van der Waals surface area (Å²) >= 11 is 0. The van der Waals surface area contributed by atoms with Crippen LogP contribution in [0.4, 0.5) is 0 Å². The van der Waals surface area contributed by atoms with Crippen LogP contribution in [0.1, 0.15) is 18.5 Å². The minimum Gasteiger partial charge on any atom is -0.481 e. The van der Waals surface area contributed by atoms with Crippen LogP contribution < -0.4 is 0 Å². The standard InChI is InChI=1S/C10H14N2O2/c1-12-5-4-8(11-12)6-7-2-3-9(7)10(13)14/h4-5,7,9H,2-3,6H2,1H3,(H,13,14). The van der Waals surface area contributed by atoms with Crippen molar-refractivity contribution in [1.29, 1.82) is 0 Å². The van der Waals surface area contributed by atoms with Crippen LogP contribution in [0.5, 0.6) is 0 Å². The number of carbonyl (C=O) groups is 1. The van der Waals surface area contributed by atoms with Gasteiger partial charge in [0, 0.05) is 13.2 Å². The normalized spacial score (nSPS) is 25.8. The molecular formula is C10H14N2O2. The largest absolute Gasteiger partial charge is 0.481 e. The zero-order valence-corrected chi connectivity index (χ0v) is 8.18. The Balaban J connectivity index is 1.95. The Bertz CT molecular complexity index is 346. The fraction of sp³-hybridized carbons (Fsp3) is 0.600. The Hall–Kier alpha value is -1.32. The molecule has 4 heteroatoms. The average Bonchev–Trinajstić information content (AvgIpc) is 2.44. The van der Waals surface area contributed by atoms with E-state index in [0.717, 1.165) is 25.0 Å². The summed E-state index contributed by atoms with van der Waals surface area (Å²) in [4.78, 5) is 10.8.